The zero-order valence-corrected chi connectivity index (χ0v) is 49.9. The number of nitro benzene ring substituents is 1. The van der Waals surface area contributed by atoms with Crippen molar-refractivity contribution in [2.45, 2.75) is 85.4 Å². The van der Waals surface area contributed by atoms with Crippen molar-refractivity contribution in [2.75, 3.05) is 24.3 Å². The highest BCUT2D eigenvalue weighted by atomic mass is 127. The summed E-state index contributed by atoms with van der Waals surface area (Å²) in [6.45, 7) is 11.9. The number of pyridine rings is 2. The summed E-state index contributed by atoms with van der Waals surface area (Å²) in [6, 6.07) is 25.7. The van der Waals surface area contributed by atoms with Gasteiger partial charge in [0.15, 0.2) is 22.8 Å². The van der Waals surface area contributed by atoms with E-state index in [2.05, 4.69) is 40.5 Å². The zero-order valence-electron chi connectivity index (χ0n) is 46.2. The fourth-order valence-electron chi connectivity index (χ4n) is 7.31. The lowest BCUT2D eigenvalue weighted by Gasteiger charge is -2.27. The SMILES string of the molecule is C.CC(C)(COC(=O)Oc1ccc([N+](=O)[O-])cc1)NC(=O)OC(C)(C)C.CC(C)(N)COC(=O)Nc1cnc2nc(-c3cc(CC(=O)c4ccco4)ccc3Cl)[nH]c2c1.Nc1cnc2nc(-c3cc(CC(=O)c4ccco4)ccc3Cl)[nH]c2c1.[I-]. The molecular formula is C58H61Cl2IN11O13-. The molecule has 0 fully saturated rings. The van der Waals surface area contributed by atoms with Crippen LogP contribution in [0.15, 0.2) is 131 Å². The number of Topliss-reactive ketones (excluding diaryl/α,β-unsaturated/α-hetero) is 2. The van der Waals surface area contributed by atoms with Crippen LogP contribution in [0.1, 0.15) is 88.1 Å². The van der Waals surface area contributed by atoms with Crippen LogP contribution in [-0.2, 0) is 27.1 Å². The summed E-state index contributed by atoms with van der Waals surface area (Å²) >= 11 is 12.7. The number of alkyl carbamates (subject to hydrolysis) is 1. The van der Waals surface area contributed by atoms with Crippen LogP contribution < -0.4 is 50.8 Å². The molecule has 27 heteroatoms. The lowest BCUT2D eigenvalue weighted by molar-refractivity contribution is -0.384. The number of imidazole rings is 2. The van der Waals surface area contributed by atoms with E-state index in [-0.39, 0.29) is 80.5 Å². The molecule has 6 heterocycles. The number of rotatable bonds is 16. The van der Waals surface area contributed by atoms with Gasteiger partial charge in [0.2, 0.25) is 11.6 Å². The highest BCUT2D eigenvalue weighted by Crippen LogP contribution is 2.31. The van der Waals surface area contributed by atoms with Gasteiger partial charge in [-0.2, -0.15) is 0 Å². The molecule has 0 saturated carbocycles. The predicted molar refractivity (Wildman–Crippen MR) is 315 cm³/mol. The number of halogens is 3. The van der Waals surface area contributed by atoms with E-state index in [0.717, 1.165) is 16.6 Å². The van der Waals surface area contributed by atoms with E-state index < -0.39 is 39.9 Å². The number of fused-ring (bicyclic) bond motifs is 2. The molecule has 6 aromatic heterocycles. The van der Waals surface area contributed by atoms with Gasteiger partial charge >= 0.3 is 18.3 Å². The minimum absolute atomic E-state index is 0. The minimum Gasteiger partial charge on any atom is -1.00 e. The highest BCUT2D eigenvalue weighted by Gasteiger charge is 2.27. The Labute approximate surface area is 514 Å². The highest BCUT2D eigenvalue weighted by molar-refractivity contribution is 6.33. The third-order valence-electron chi connectivity index (χ3n) is 11.0. The molecule has 9 rings (SSSR count). The van der Waals surface area contributed by atoms with Crippen molar-refractivity contribution in [2.24, 2.45) is 5.73 Å². The van der Waals surface area contributed by atoms with E-state index in [0.29, 0.717) is 72.5 Å². The van der Waals surface area contributed by atoms with Crippen LogP contribution in [-0.4, -0.2) is 94.6 Å². The number of amides is 2. The first kappa shape index (κ1) is 66.9. The smallest absolute Gasteiger partial charge is 0.513 e. The Morgan fingerprint density at radius 3 is 1.69 bits per heavy atom. The number of ketones is 2. The Morgan fingerprint density at radius 1 is 0.694 bits per heavy atom. The van der Waals surface area contributed by atoms with Gasteiger partial charge in [-0.15, -0.1) is 0 Å². The lowest BCUT2D eigenvalue weighted by atomic mass is 10.0. The molecule has 0 unspecified atom stereocenters. The molecule has 2 amide bonds. The number of anilines is 2. The quantitative estimate of drug-likeness (QED) is 0.00997. The molecule has 9 aromatic rings. The first-order valence-electron chi connectivity index (χ1n) is 25.2. The summed E-state index contributed by atoms with van der Waals surface area (Å²) in [6.07, 6.45) is 4.07. The molecule has 3 aromatic carbocycles. The topological polar surface area (TPSA) is 351 Å². The Bertz CT molecular complexity index is 3780. The van der Waals surface area contributed by atoms with Gasteiger partial charge in [-0.1, -0.05) is 42.8 Å². The maximum atomic E-state index is 12.4. The van der Waals surface area contributed by atoms with Crippen LogP contribution in [0.3, 0.4) is 0 Å². The minimum atomic E-state index is -0.993. The van der Waals surface area contributed by atoms with Crippen molar-refractivity contribution in [1.29, 1.82) is 0 Å². The van der Waals surface area contributed by atoms with E-state index in [1.165, 1.54) is 43.0 Å². The van der Waals surface area contributed by atoms with E-state index in [1.54, 1.807) is 115 Å². The molecule has 8 N–H and O–H groups in total. The Hall–Kier alpha value is -8.92. The van der Waals surface area contributed by atoms with Crippen LogP contribution in [0.2, 0.25) is 10.0 Å². The molecule has 0 saturated heterocycles. The second kappa shape index (κ2) is 29.1. The second-order valence-electron chi connectivity index (χ2n) is 20.8. The molecule has 0 aliphatic carbocycles. The fourth-order valence-corrected chi connectivity index (χ4v) is 7.72. The number of carbonyl (C=O) groups excluding carboxylic acids is 5. The van der Waals surface area contributed by atoms with Crippen LogP contribution in [0.5, 0.6) is 5.75 Å². The van der Waals surface area contributed by atoms with E-state index in [4.69, 9.17) is 62.5 Å². The molecule has 0 radical (unpaired) electrons. The number of furan rings is 2. The van der Waals surface area contributed by atoms with Gasteiger partial charge < -0.3 is 78.5 Å². The standard InChI is InChI=1S/C23H22ClN5O4.C18H13ClN4O2.C16H22N2O7.CH4.HI/c1-23(2,25)12-33-22(31)27-14-10-17-21(26-11-14)29-20(28-17)15-8-13(5-6-16(15)24)9-18(30)19-4-3-7-32-19;19-13-4-3-10(7-15(24)16-2-1-5-25-16)6-12(13)17-22-14-8-11(20)9-21-18(14)23-17;1-15(2,3)25-13(19)17-16(4,5)10-23-14(20)24-12-8-6-11(7-9-12)18(21)22;;/h3-8,10-11H,9,12,25H2,1-2H3,(H,27,31)(H,26,28,29);1-6,8-9H,7,20H2,(H,21,22,23);6-9H,10H2,1-5H3,(H,17,19);1H4;1H/p-1. The van der Waals surface area contributed by atoms with Gasteiger partial charge in [0.05, 0.1) is 67.8 Å². The van der Waals surface area contributed by atoms with Gasteiger partial charge in [0, 0.05) is 41.6 Å². The van der Waals surface area contributed by atoms with Crippen molar-refractivity contribution < 1.29 is 80.7 Å². The van der Waals surface area contributed by atoms with Crippen LogP contribution in [0.4, 0.5) is 31.4 Å². The molecule has 0 aliphatic heterocycles. The van der Waals surface area contributed by atoms with Gasteiger partial charge in [0.1, 0.15) is 36.2 Å². The monoisotopic (exact) mass is 1320 g/mol. The predicted octanol–water partition coefficient (Wildman–Crippen LogP) is 9.52. The average molecular weight is 1320 g/mol. The Morgan fingerprint density at radius 2 is 1.21 bits per heavy atom. The first-order chi connectivity index (χ1) is 39.2. The van der Waals surface area contributed by atoms with Crippen LogP contribution in [0, 0.1) is 10.1 Å². The molecule has 0 bridgehead atoms. The van der Waals surface area contributed by atoms with Crippen molar-refractivity contribution in [3.8, 4) is 28.5 Å². The number of benzene rings is 3. The van der Waals surface area contributed by atoms with Crippen LogP contribution in [0.25, 0.3) is 45.1 Å². The van der Waals surface area contributed by atoms with Crippen molar-refractivity contribution in [3.63, 3.8) is 0 Å². The first-order valence-corrected chi connectivity index (χ1v) is 25.9. The maximum absolute atomic E-state index is 12.4. The molecule has 0 spiro atoms. The van der Waals surface area contributed by atoms with E-state index >= 15 is 0 Å². The molecule has 448 valence electrons. The van der Waals surface area contributed by atoms with Crippen molar-refractivity contribution >= 4 is 92.5 Å². The largest absolute Gasteiger partial charge is 1.00 e. The number of nitrogens with two attached hydrogens (primary N) is 2. The maximum Gasteiger partial charge on any atom is 0.513 e. The molecule has 85 heavy (non-hydrogen) atoms. The summed E-state index contributed by atoms with van der Waals surface area (Å²) in [5.41, 5.74) is 15.5. The average Bonchev–Trinajstić information content (AvgIpc) is 2.42. The number of nitrogens with zero attached hydrogens (tertiary/aromatic N) is 5. The number of hydrogen-bond acceptors (Lipinski definition) is 19. The van der Waals surface area contributed by atoms with Crippen molar-refractivity contribution in [1.82, 2.24) is 35.2 Å². The summed E-state index contributed by atoms with van der Waals surface area (Å²) in [5, 5.41) is 16.7. The summed E-state index contributed by atoms with van der Waals surface area (Å²) in [4.78, 5) is 93.7. The number of nitrogens with one attached hydrogen (secondary N) is 4. The van der Waals surface area contributed by atoms with E-state index in [9.17, 15) is 34.1 Å². The zero-order chi connectivity index (χ0) is 60.2. The number of aromatic amines is 2. The Kier molecular flexibility index (Phi) is 22.9. The molecule has 0 atom stereocenters. The Balaban J connectivity index is 0.000000234. The molecule has 24 nitrogen and oxygen atoms in total. The summed E-state index contributed by atoms with van der Waals surface area (Å²) < 4.78 is 30.4. The molecule has 0 aliphatic rings. The number of H-pyrrole nitrogens is 2. The number of non-ortho nitro benzene ring substituents is 1. The van der Waals surface area contributed by atoms with Crippen LogP contribution >= 0.6 is 23.2 Å². The van der Waals surface area contributed by atoms with Gasteiger partial charge in [-0.25, -0.2) is 34.3 Å². The second-order valence-corrected chi connectivity index (χ2v) is 21.6. The van der Waals surface area contributed by atoms with Gasteiger partial charge in [0.25, 0.3) is 5.69 Å². The normalized spacial score (nSPS) is 11.1. The molecular weight excluding hydrogens is 1260 g/mol. The number of ether oxygens (including phenoxy) is 4. The summed E-state index contributed by atoms with van der Waals surface area (Å²) in [5.74, 6) is 1.56. The fraction of sp³-hybridized carbons (Fsp3) is 0.259. The number of nitrogen functional groups attached to an aromatic ring is 1. The number of nitro groups is 1. The third kappa shape index (κ3) is 20.1. The number of aromatic nitrogens is 6. The summed E-state index contributed by atoms with van der Waals surface area (Å²) in [7, 11) is 0. The van der Waals surface area contributed by atoms with Crippen molar-refractivity contribution in [3.05, 3.63) is 165 Å². The third-order valence-corrected chi connectivity index (χ3v) is 11.7. The number of carbonyl (C=O) groups is 5. The van der Waals surface area contributed by atoms with Gasteiger partial charge in [-0.05, 0) is 132 Å². The van der Waals surface area contributed by atoms with Gasteiger partial charge in [-0.3, -0.25) is 25.0 Å². The lowest BCUT2D eigenvalue weighted by Crippen LogP contribution is -3.00. The van der Waals surface area contributed by atoms with E-state index in [1.807, 2.05) is 12.1 Å². The number of hydrogen-bond donors (Lipinski definition) is 6.